The molecule has 0 bridgehead atoms. The van der Waals surface area contributed by atoms with Gasteiger partial charge in [-0.05, 0) is 94.3 Å². The number of nitrogens with zero attached hydrogens (tertiary/aromatic N) is 3. The minimum atomic E-state index is 0.928. The number of aromatic nitrogens is 2. The SMILES string of the molecule is c1ccc(-n2c(-c3ccc(N(c4ccc5ccccc5c4)c4ccc5ccccc5c4)cc3)nc3ccccc32)cc1. The van der Waals surface area contributed by atoms with E-state index in [1.54, 1.807) is 0 Å². The largest absolute Gasteiger partial charge is 0.310 e. The average molecular weight is 538 g/mol. The minimum Gasteiger partial charge on any atom is -0.310 e. The molecule has 0 N–H and O–H groups in total. The Bertz CT molecular complexity index is 2120. The number of hydrogen-bond acceptors (Lipinski definition) is 2. The zero-order valence-corrected chi connectivity index (χ0v) is 22.9. The van der Waals surface area contributed by atoms with Crippen molar-refractivity contribution in [3.63, 3.8) is 0 Å². The summed E-state index contributed by atoms with van der Waals surface area (Å²) in [6.45, 7) is 0. The monoisotopic (exact) mass is 537 g/mol. The summed E-state index contributed by atoms with van der Waals surface area (Å²) in [7, 11) is 0. The van der Waals surface area contributed by atoms with Crippen molar-refractivity contribution in [2.75, 3.05) is 4.90 Å². The first kappa shape index (κ1) is 24.2. The maximum atomic E-state index is 5.07. The smallest absolute Gasteiger partial charge is 0.145 e. The molecular weight excluding hydrogens is 510 g/mol. The molecule has 42 heavy (non-hydrogen) atoms. The highest BCUT2D eigenvalue weighted by molar-refractivity contribution is 5.93. The van der Waals surface area contributed by atoms with Gasteiger partial charge in [-0.3, -0.25) is 4.57 Å². The van der Waals surface area contributed by atoms with Crippen LogP contribution in [0.1, 0.15) is 0 Å². The van der Waals surface area contributed by atoms with E-state index in [-0.39, 0.29) is 0 Å². The van der Waals surface area contributed by atoms with Crippen molar-refractivity contribution >= 4 is 49.6 Å². The highest BCUT2D eigenvalue weighted by Crippen LogP contribution is 2.38. The fraction of sp³-hybridized carbons (Fsp3) is 0. The van der Waals surface area contributed by atoms with Crippen molar-refractivity contribution in [3.8, 4) is 17.1 Å². The Morgan fingerprint density at radius 2 is 0.952 bits per heavy atom. The molecule has 0 radical (unpaired) electrons. The van der Waals surface area contributed by atoms with Crippen LogP contribution >= 0.6 is 0 Å². The molecule has 1 heterocycles. The molecular formula is C39H27N3. The summed E-state index contributed by atoms with van der Waals surface area (Å²) in [5.74, 6) is 0.928. The standard InChI is InChI=1S/C39H27N3/c1-2-14-33(15-3-1)42-38-17-9-8-16-37(38)40-39(42)30-20-22-34(23-21-30)41(35-24-18-28-10-4-6-12-31(28)26-35)36-25-19-29-11-5-7-13-32(29)27-36/h1-27H. The third kappa shape index (κ3) is 4.20. The Morgan fingerprint density at radius 3 is 1.60 bits per heavy atom. The van der Waals surface area contributed by atoms with E-state index in [2.05, 4.69) is 161 Å². The second-order valence-corrected chi connectivity index (χ2v) is 10.5. The van der Waals surface area contributed by atoms with E-state index >= 15 is 0 Å². The van der Waals surface area contributed by atoms with Crippen molar-refractivity contribution in [1.82, 2.24) is 9.55 Å². The first-order valence-electron chi connectivity index (χ1n) is 14.2. The molecule has 0 aliphatic heterocycles. The van der Waals surface area contributed by atoms with Crippen LogP contribution in [0.2, 0.25) is 0 Å². The van der Waals surface area contributed by atoms with E-state index < -0.39 is 0 Å². The van der Waals surface area contributed by atoms with Gasteiger partial charge < -0.3 is 4.90 Å². The first-order valence-corrected chi connectivity index (χ1v) is 14.2. The minimum absolute atomic E-state index is 0.928. The number of anilines is 3. The van der Waals surface area contributed by atoms with Gasteiger partial charge in [0.05, 0.1) is 11.0 Å². The lowest BCUT2D eigenvalue weighted by Crippen LogP contribution is -2.10. The van der Waals surface area contributed by atoms with Crippen molar-refractivity contribution in [3.05, 3.63) is 164 Å². The summed E-state index contributed by atoms with van der Waals surface area (Å²) in [4.78, 5) is 7.40. The third-order valence-corrected chi connectivity index (χ3v) is 7.94. The Labute approximate surface area is 244 Å². The molecule has 0 aliphatic carbocycles. The van der Waals surface area contributed by atoms with Gasteiger partial charge in [-0.1, -0.05) is 91.0 Å². The number of imidazole rings is 1. The first-order chi connectivity index (χ1) is 20.8. The molecule has 1 aromatic heterocycles. The predicted octanol–water partition coefficient (Wildman–Crippen LogP) is 10.5. The summed E-state index contributed by atoms with van der Waals surface area (Å²) in [5, 5.41) is 4.90. The maximum Gasteiger partial charge on any atom is 0.145 e. The Kier molecular flexibility index (Phi) is 5.79. The second kappa shape index (κ2) is 10.1. The van der Waals surface area contributed by atoms with Gasteiger partial charge in [-0.2, -0.15) is 0 Å². The van der Waals surface area contributed by atoms with E-state index in [0.717, 1.165) is 45.2 Å². The fourth-order valence-electron chi connectivity index (χ4n) is 5.90. The van der Waals surface area contributed by atoms with Crippen LogP contribution in [-0.4, -0.2) is 9.55 Å². The lowest BCUT2D eigenvalue weighted by atomic mass is 10.1. The number of para-hydroxylation sites is 3. The molecule has 198 valence electrons. The van der Waals surface area contributed by atoms with Gasteiger partial charge >= 0.3 is 0 Å². The van der Waals surface area contributed by atoms with Gasteiger partial charge in [0.1, 0.15) is 5.82 Å². The van der Waals surface area contributed by atoms with Crippen LogP contribution in [0, 0.1) is 0 Å². The molecule has 3 nitrogen and oxygen atoms in total. The maximum absolute atomic E-state index is 5.07. The predicted molar refractivity (Wildman–Crippen MR) is 176 cm³/mol. The van der Waals surface area contributed by atoms with Gasteiger partial charge in [0.15, 0.2) is 0 Å². The molecule has 3 heteroatoms. The van der Waals surface area contributed by atoms with Crippen LogP contribution in [-0.2, 0) is 0 Å². The van der Waals surface area contributed by atoms with Crippen LogP contribution in [0.4, 0.5) is 17.1 Å². The van der Waals surface area contributed by atoms with Crippen molar-refractivity contribution in [1.29, 1.82) is 0 Å². The normalized spacial score (nSPS) is 11.3. The van der Waals surface area contributed by atoms with Crippen molar-refractivity contribution < 1.29 is 0 Å². The van der Waals surface area contributed by atoms with Crippen molar-refractivity contribution in [2.45, 2.75) is 0 Å². The average Bonchev–Trinajstić information content (AvgIpc) is 3.45. The molecule has 0 amide bonds. The molecule has 8 rings (SSSR count). The third-order valence-electron chi connectivity index (χ3n) is 7.94. The van der Waals surface area contributed by atoms with Crippen LogP contribution in [0.25, 0.3) is 49.7 Å². The summed E-state index contributed by atoms with van der Waals surface area (Å²) in [6.07, 6.45) is 0. The zero-order valence-electron chi connectivity index (χ0n) is 22.9. The highest BCUT2D eigenvalue weighted by atomic mass is 15.1. The van der Waals surface area contributed by atoms with E-state index in [1.807, 2.05) is 12.1 Å². The van der Waals surface area contributed by atoms with Crippen LogP contribution in [0.3, 0.4) is 0 Å². The molecule has 0 atom stereocenters. The number of benzene rings is 7. The van der Waals surface area contributed by atoms with Gasteiger partial charge in [0.2, 0.25) is 0 Å². The van der Waals surface area contributed by atoms with Crippen LogP contribution in [0.15, 0.2) is 164 Å². The molecule has 0 saturated heterocycles. The second-order valence-electron chi connectivity index (χ2n) is 10.5. The van der Waals surface area contributed by atoms with Crippen LogP contribution < -0.4 is 4.90 Å². The summed E-state index contributed by atoms with van der Waals surface area (Å²) >= 11 is 0. The molecule has 7 aromatic carbocycles. The van der Waals surface area contributed by atoms with Crippen molar-refractivity contribution in [2.24, 2.45) is 0 Å². The summed E-state index contributed by atoms with van der Waals surface area (Å²) < 4.78 is 2.24. The molecule has 0 saturated carbocycles. The van der Waals surface area contributed by atoms with E-state index in [1.165, 1.54) is 21.5 Å². The summed E-state index contributed by atoms with van der Waals surface area (Å²) in [5.41, 5.74) is 7.56. The fourth-order valence-corrected chi connectivity index (χ4v) is 5.90. The molecule has 0 unspecified atom stereocenters. The summed E-state index contributed by atoms with van der Waals surface area (Å²) in [6, 6.07) is 58.0. The molecule has 0 fully saturated rings. The van der Waals surface area contributed by atoms with Crippen LogP contribution in [0.5, 0.6) is 0 Å². The molecule has 0 aliphatic rings. The number of fused-ring (bicyclic) bond motifs is 3. The molecule has 0 spiro atoms. The Hall–Kier alpha value is -5.67. The number of rotatable bonds is 5. The zero-order chi connectivity index (χ0) is 27.9. The highest BCUT2D eigenvalue weighted by Gasteiger charge is 2.17. The number of hydrogen-bond donors (Lipinski definition) is 0. The van der Waals surface area contributed by atoms with Gasteiger partial charge in [-0.25, -0.2) is 4.98 Å². The Morgan fingerprint density at radius 1 is 0.429 bits per heavy atom. The van der Waals surface area contributed by atoms with Gasteiger partial charge in [0, 0.05) is 28.3 Å². The lowest BCUT2D eigenvalue weighted by molar-refractivity contribution is 1.10. The lowest BCUT2D eigenvalue weighted by Gasteiger charge is -2.26. The Balaban J connectivity index is 1.28. The van der Waals surface area contributed by atoms with Gasteiger partial charge in [0.25, 0.3) is 0 Å². The van der Waals surface area contributed by atoms with E-state index in [4.69, 9.17) is 4.98 Å². The van der Waals surface area contributed by atoms with E-state index in [0.29, 0.717) is 0 Å². The van der Waals surface area contributed by atoms with Gasteiger partial charge in [-0.15, -0.1) is 0 Å². The quantitative estimate of drug-likeness (QED) is 0.218. The molecule has 8 aromatic rings. The topological polar surface area (TPSA) is 21.1 Å². The van der Waals surface area contributed by atoms with E-state index in [9.17, 15) is 0 Å².